The van der Waals surface area contributed by atoms with Crippen LogP contribution < -0.4 is 21.3 Å². The van der Waals surface area contributed by atoms with E-state index in [9.17, 15) is 19.6 Å². The zero-order valence-electron chi connectivity index (χ0n) is 15.4. The minimum absolute atomic E-state index is 0.259. The number of nitriles is 1. The fourth-order valence-electron chi connectivity index (χ4n) is 2.43. The first-order valence-electron chi connectivity index (χ1n) is 8.22. The van der Waals surface area contributed by atoms with Gasteiger partial charge in [-0.15, -0.1) is 0 Å². The van der Waals surface area contributed by atoms with Crippen LogP contribution in [0.1, 0.15) is 13.8 Å². The summed E-state index contributed by atoms with van der Waals surface area (Å²) in [5.74, 6) is -1.87. The normalized spacial score (nSPS) is 10.7. The van der Waals surface area contributed by atoms with Crippen LogP contribution >= 0.6 is 0 Å². The van der Waals surface area contributed by atoms with Crippen molar-refractivity contribution in [2.75, 3.05) is 21.3 Å². The molecule has 0 fully saturated rings. The van der Waals surface area contributed by atoms with Crippen LogP contribution in [0.2, 0.25) is 0 Å². The maximum atomic E-state index is 12.9. The minimum Gasteiger partial charge on any atom is -0.399 e. The van der Waals surface area contributed by atoms with E-state index < -0.39 is 17.7 Å². The van der Waals surface area contributed by atoms with E-state index in [4.69, 9.17) is 11.5 Å². The topological polar surface area (TPSA) is 134 Å². The molecule has 0 heterocycles. The molecule has 2 aromatic carbocycles. The monoisotopic (exact) mass is 377 g/mol. The molecule has 3 amide bonds. The van der Waals surface area contributed by atoms with Crippen LogP contribution in [0.3, 0.4) is 0 Å². The van der Waals surface area contributed by atoms with Gasteiger partial charge in [0.1, 0.15) is 11.6 Å². The molecular weight excluding hydrogens is 358 g/mol. The first kappa shape index (κ1) is 20.2. The number of nitrogens with two attached hydrogens (primary N) is 2. The first-order valence-corrected chi connectivity index (χ1v) is 8.22. The van der Waals surface area contributed by atoms with E-state index in [2.05, 4.69) is 0 Å². The van der Waals surface area contributed by atoms with Gasteiger partial charge in [0.2, 0.25) is 11.8 Å². The maximum absolute atomic E-state index is 12.9. The highest BCUT2D eigenvalue weighted by molar-refractivity contribution is 6.22. The highest BCUT2D eigenvalue weighted by Gasteiger charge is 2.25. The summed E-state index contributed by atoms with van der Waals surface area (Å²) < 4.78 is 0. The quantitative estimate of drug-likeness (QED) is 0.476. The molecule has 0 aliphatic heterocycles. The fraction of sp³-hybridized carbons (Fsp3) is 0.100. The predicted molar refractivity (Wildman–Crippen MR) is 107 cm³/mol. The number of anilines is 4. The van der Waals surface area contributed by atoms with E-state index in [1.807, 2.05) is 0 Å². The van der Waals surface area contributed by atoms with Gasteiger partial charge in [-0.1, -0.05) is 0 Å². The molecule has 2 aromatic rings. The second-order valence-electron chi connectivity index (χ2n) is 5.89. The van der Waals surface area contributed by atoms with Gasteiger partial charge in [-0.2, -0.15) is 5.26 Å². The second-order valence-corrected chi connectivity index (χ2v) is 5.89. The molecule has 0 aliphatic rings. The van der Waals surface area contributed by atoms with Crippen molar-refractivity contribution >= 4 is 40.5 Å². The largest absolute Gasteiger partial charge is 0.399 e. The van der Waals surface area contributed by atoms with E-state index >= 15 is 0 Å². The van der Waals surface area contributed by atoms with Gasteiger partial charge in [-0.05, 0) is 48.5 Å². The molecule has 8 heteroatoms. The summed E-state index contributed by atoms with van der Waals surface area (Å²) >= 11 is 0. The molecule has 0 aromatic heterocycles. The number of hydrogen-bond donors (Lipinski definition) is 2. The number of imide groups is 1. The third-order valence-electron chi connectivity index (χ3n) is 3.79. The Morgan fingerprint density at radius 3 is 1.71 bits per heavy atom. The Morgan fingerprint density at radius 2 is 1.32 bits per heavy atom. The highest BCUT2D eigenvalue weighted by Crippen LogP contribution is 2.21. The van der Waals surface area contributed by atoms with Crippen molar-refractivity contribution in [3.05, 3.63) is 60.3 Å². The zero-order valence-corrected chi connectivity index (χ0v) is 15.4. The fourth-order valence-corrected chi connectivity index (χ4v) is 2.43. The number of amides is 3. The standard InChI is InChI=1S/C20H19N5O3/c1-13(26)24(18-7-3-16(22)4-8-18)12-15(11-21)20(28)25(14(2)27)19-9-5-17(23)6-10-19/h3-10,12H,22-23H2,1-2H3/b15-12-. The Bertz CT molecular complexity index is 972. The van der Waals surface area contributed by atoms with Crippen LogP contribution in [0.5, 0.6) is 0 Å². The third-order valence-corrected chi connectivity index (χ3v) is 3.79. The lowest BCUT2D eigenvalue weighted by Gasteiger charge is -2.21. The molecule has 0 aliphatic carbocycles. The Hall–Kier alpha value is -4.12. The molecule has 2 rings (SSSR count). The molecule has 0 unspecified atom stereocenters. The van der Waals surface area contributed by atoms with E-state index in [0.717, 1.165) is 16.0 Å². The smallest absolute Gasteiger partial charge is 0.277 e. The zero-order chi connectivity index (χ0) is 20.8. The molecule has 0 saturated heterocycles. The highest BCUT2D eigenvalue weighted by atomic mass is 16.2. The summed E-state index contributed by atoms with van der Waals surface area (Å²) in [5.41, 5.74) is 12.5. The van der Waals surface area contributed by atoms with Crippen LogP contribution in [-0.2, 0) is 14.4 Å². The van der Waals surface area contributed by atoms with Gasteiger partial charge in [0.05, 0.1) is 5.69 Å². The molecule has 8 nitrogen and oxygen atoms in total. The van der Waals surface area contributed by atoms with Gasteiger partial charge < -0.3 is 11.5 Å². The van der Waals surface area contributed by atoms with E-state index in [1.54, 1.807) is 30.3 Å². The van der Waals surface area contributed by atoms with Gasteiger partial charge in [0.15, 0.2) is 0 Å². The first-order chi connectivity index (χ1) is 13.2. The van der Waals surface area contributed by atoms with Gasteiger partial charge in [-0.25, -0.2) is 4.90 Å². The van der Waals surface area contributed by atoms with Crippen LogP contribution in [0, 0.1) is 11.3 Å². The van der Waals surface area contributed by atoms with E-state index in [1.165, 1.54) is 38.1 Å². The molecule has 0 atom stereocenters. The number of carbonyl (C=O) groups excluding carboxylic acids is 3. The summed E-state index contributed by atoms with van der Waals surface area (Å²) in [6.45, 7) is 2.49. The molecule has 142 valence electrons. The molecule has 0 spiro atoms. The Morgan fingerprint density at radius 1 is 0.857 bits per heavy atom. The third kappa shape index (κ3) is 4.53. The minimum atomic E-state index is -0.860. The summed E-state index contributed by atoms with van der Waals surface area (Å²) in [5, 5.41) is 9.48. The maximum Gasteiger partial charge on any atom is 0.277 e. The number of carbonyl (C=O) groups is 3. The van der Waals surface area contributed by atoms with Crippen LogP contribution in [0.25, 0.3) is 0 Å². The van der Waals surface area contributed by atoms with Crippen molar-refractivity contribution in [2.24, 2.45) is 0 Å². The number of nitrogen functional groups attached to an aromatic ring is 2. The van der Waals surface area contributed by atoms with Gasteiger partial charge in [0.25, 0.3) is 5.91 Å². The summed E-state index contributed by atoms with van der Waals surface area (Å²) in [6.07, 6.45) is 1.10. The van der Waals surface area contributed by atoms with Gasteiger partial charge in [0, 0.05) is 37.1 Å². The Balaban J connectivity index is 2.47. The summed E-state index contributed by atoms with van der Waals surface area (Å²) in [6, 6.07) is 14.1. The molecule has 0 bridgehead atoms. The molecule has 0 saturated carbocycles. The van der Waals surface area contributed by atoms with Gasteiger partial charge in [-0.3, -0.25) is 19.3 Å². The summed E-state index contributed by atoms with van der Waals surface area (Å²) in [4.78, 5) is 39.0. The SMILES string of the molecule is CC(=O)N(/C=C(/C#N)C(=O)N(C(C)=O)c1ccc(N)cc1)c1ccc(N)cc1. The van der Waals surface area contributed by atoms with E-state index in [-0.39, 0.29) is 11.3 Å². The van der Waals surface area contributed by atoms with Crippen LogP contribution in [-0.4, -0.2) is 17.7 Å². The van der Waals surface area contributed by atoms with Crippen molar-refractivity contribution in [3.8, 4) is 6.07 Å². The van der Waals surface area contributed by atoms with Gasteiger partial charge >= 0.3 is 0 Å². The average molecular weight is 377 g/mol. The van der Waals surface area contributed by atoms with Crippen molar-refractivity contribution in [2.45, 2.75) is 13.8 Å². The average Bonchev–Trinajstić information content (AvgIpc) is 2.65. The van der Waals surface area contributed by atoms with Crippen molar-refractivity contribution in [1.29, 1.82) is 5.26 Å². The molecule has 28 heavy (non-hydrogen) atoms. The van der Waals surface area contributed by atoms with E-state index in [0.29, 0.717) is 17.1 Å². The summed E-state index contributed by atoms with van der Waals surface area (Å²) in [7, 11) is 0. The van der Waals surface area contributed by atoms with Crippen LogP contribution in [0.4, 0.5) is 22.7 Å². The molecule has 0 radical (unpaired) electrons. The number of nitrogens with zero attached hydrogens (tertiary/aromatic N) is 3. The Labute approximate surface area is 162 Å². The lowest BCUT2D eigenvalue weighted by atomic mass is 10.2. The lowest BCUT2D eigenvalue weighted by Crippen LogP contribution is -2.37. The number of hydrogen-bond acceptors (Lipinski definition) is 6. The van der Waals surface area contributed by atoms with Crippen molar-refractivity contribution in [3.63, 3.8) is 0 Å². The molecular formula is C20H19N5O3. The van der Waals surface area contributed by atoms with Crippen molar-refractivity contribution < 1.29 is 14.4 Å². The van der Waals surface area contributed by atoms with Crippen molar-refractivity contribution in [1.82, 2.24) is 0 Å². The lowest BCUT2D eigenvalue weighted by molar-refractivity contribution is -0.123. The second kappa shape index (κ2) is 8.51. The number of rotatable bonds is 4. The molecule has 4 N–H and O–H groups in total. The van der Waals surface area contributed by atoms with Crippen LogP contribution in [0.15, 0.2) is 60.3 Å². The number of benzene rings is 2. The predicted octanol–water partition coefficient (Wildman–Crippen LogP) is 2.19. The Kier molecular flexibility index (Phi) is 6.14.